The number of aromatic amines is 1. The zero-order valence-corrected chi connectivity index (χ0v) is 10.4. The van der Waals surface area contributed by atoms with Crippen LogP contribution >= 0.6 is 0 Å². The van der Waals surface area contributed by atoms with Gasteiger partial charge < -0.3 is 4.98 Å². The van der Waals surface area contributed by atoms with E-state index in [1.165, 1.54) is 6.20 Å². The summed E-state index contributed by atoms with van der Waals surface area (Å²) in [4.78, 5) is 18.5. The third-order valence-corrected chi connectivity index (χ3v) is 3.17. The zero-order chi connectivity index (χ0) is 12.8. The molecule has 0 unspecified atom stereocenters. The van der Waals surface area contributed by atoms with Crippen molar-refractivity contribution in [3.8, 4) is 0 Å². The van der Waals surface area contributed by atoms with Crippen LogP contribution in [0.5, 0.6) is 0 Å². The molecule has 0 aliphatic heterocycles. The molecule has 0 saturated carbocycles. The Hall–Kier alpha value is -1.70. The Morgan fingerprint density at radius 2 is 2.06 bits per heavy atom. The molecule has 1 N–H and O–H groups in total. The van der Waals surface area contributed by atoms with Gasteiger partial charge in [0.15, 0.2) is 0 Å². The number of fused-ring (bicyclic) bond motifs is 1. The van der Waals surface area contributed by atoms with Crippen molar-refractivity contribution in [3.63, 3.8) is 0 Å². The van der Waals surface area contributed by atoms with E-state index in [9.17, 15) is 13.2 Å². The molecule has 0 aliphatic rings. The van der Waals surface area contributed by atoms with Crippen LogP contribution in [0.3, 0.4) is 0 Å². The second-order valence-corrected chi connectivity index (χ2v) is 6.02. The van der Waals surface area contributed by atoms with Gasteiger partial charge >= 0.3 is 0 Å². The van der Waals surface area contributed by atoms with Gasteiger partial charge in [0, 0.05) is 18.0 Å². The molecule has 0 atom stereocenters. The lowest BCUT2D eigenvalue weighted by Crippen LogP contribution is -2.20. The highest BCUT2D eigenvalue weighted by molar-refractivity contribution is 7.90. The number of hydrogen-bond acceptors (Lipinski definition) is 5. The minimum absolute atomic E-state index is 0.0223. The van der Waals surface area contributed by atoms with Crippen molar-refractivity contribution >= 4 is 15.6 Å². The lowest BCUT2D eigenvalue weighted by atomic mass is 10.1. The fraction of sp³-hybridized carbons (Fsp3) is 0.444. The zero-order valence-electron chi connectivity index (χ0n) is 9.63. The van der Waals surface area contributed by atoms with E-state index < -0.39 is 9.84 Å². The van der Waals surface area contributed by atoms with Crippen LogP contribution in [0.4, 0.5) is 0 Å². The van der Waals surface area contributed by atoms with Crippen LogP contribution in [0.25, 0.3) is 5.78 Å². The van der Waals surface area contributed by atoms with Crippen molar-refractivity contribution in [1.29, 1.82) is 0 Å². The molecule has 2 aromatic heterocycles. The third-order valence-electron chi connectivity index (χ3n) is 2.34. The Labute approximate surface area is 97.4 Å². The predicted octanol–water partition coefficient (Wildman–Crippen LogP) is -0.0555. The number of nitrogens with zero attached hydrogens (tertiary/aromatic N) is 3. The van der Waals surface area contributed by atoms with E-state index in [0.29, 0.717) is 5.56 Å². The highest BCUT2D eigenvalue weighted by Gasteiger charge is 2.17. The summed E-state index contributed by atoms with van der Waals surface area (Å²) in [5.74, 6) is 0.147. The topological polar surface area (TPSA) is 97.2 Å². The minimum atomic E-state index is -3.52. The molecule has 0 aromatic carbocycles. The molecular formula is C9H12N4O3S. The van der Waals surface area contributed by atoms with Crippen molar-refractivity contribution in [3.05, 3.63) is 22.1 Å². The summed E-state index contributed by atoms with van der Waals surface area (Å²) in [6, 6.07) is 0. The average Bonchev–Trinajstić information content (AvgIpc) is 2.61. The molecule has 0 bridgehead atoms. The predicted molar refractivity (Wildman–Crippen MR) is 60.8 cm³/mol. The Morgan fingerprint density at radius 1 is 1.41 bits per heavy atom. The van der Waals surface area contributed by atoms with Gasteiger partial charge in [-0.3, -0.25) is 4.79 Å². The lowest BCUT2D eigenvalue weighted by molar-refractivity contribution is 0.592. The maximum Gasteiger partial charge on any atom is 0.279 e. The first-order valence-corrected chi connectivity index (χ1v) is 6.88. The van der Waals surface area contributed by atoms with Crippen molar-refractivity contribution in [2.45, 2.75) is 24.9 Å². The smallest absolute Gasteiger partial charge is 0.279 e. The van der Waals surface area contributed by atoms with Crippen LogP contribution in [0.2, 0.25) is 0 Å². The van der Waals surface area contributed by atoms with Crippen LogP contribution in [0.15, 0.2) is 16.1 Å². The first kappa shape index (κ1) is 11.8. The van der Waals surface area contributed by atoms with Gasteiger partial charge in [-0.25, -0.2) is 8.42 Å². The molecule has 0 spiro atoms. The normalized spacial score (nSPS) is 12.5. The average molecular weight is 256 g/mol. The van der Waals surface area contributed by atoms with E-state index in [1.807, 2.05) is 13.8 Å². The first-order valence-electron chi connectivity index (χ1n) is 4.99. The Balaban J connectivity index is 2.80. The molecule has 0 saturated heterocycles. The van der Waals surface area contributed by atoms with E-state index in [4.69, 9.17) is 0 Å². The van der Waals surface area contributed by atoms with Gasteiger partial charge in [-0.2, -0.15) is 9.50 Å². The molecule has 92 valence electrons. The van der Waals surface area contributed by atoms with Gasteiger partial charge in [-0.15, -0.1) is 5.10 Å². The fourth-order valence-electron chi connectivity index (χ4n) is 1.43. The number of H-pyrrole nitrogens is 1. The highest BCUT2D eigenvalue weighted by atomic mass is 32.2. The van der Waals surface area contributed by atoms with Crippen molar-refractivity contribution in [2.24, 2.45) is 0 Å². The molecule has 0 fully saturated rings. The quantitative estimate of drug-likeness (QED) is 0.812. The van der Waals surface area contributed by atoms with Crippen LogP contribution in [0, 0.1) is 0 Å². The fourth-order valence-corrected chi connectivity index (χ4v) is 1.91. The van der Waals surface area contributed by atoms with Crippen LogP contribution in [-0.2, 0) is 9.84 Å². The standard InChI is InChI=1S/C9H12N4O3S/c1-5(2)6-4-10-8-11-9(17(3,15)16)12-13(8)7(6)14/h4-5H,1-3H3,(H,10,11,12). The van der Waals surface area contributed by atoms with Crippen LogP contribution < -0.4 is 5.56 Å². The number of hydrogen-bond donors (Lipinski definition) is 1. The van der Waals surface area contributed by atoms with Crippen LogP contribution in [0.1, 0.15) is 25.3 Å². The molecule has 0 aliphatic carbocycles. The molecular weight excluding hydrogens is 244 g/mol. The molecule has 17 heavy (non-hydrogen) atoms. The summed E-state index contributed by atoms with van der Waals surface area (Å²) in [5.41, 5.74) is 0.179. The molecule has 2 rings (SSSR count). The molecule has 2 heterocycles. The summed E-state index contributed by atoms with van der Waals surface area (Å²) < 4.78 is 23.5. The maximum atomic E-state index is 12.0. The van der Waals surface area contributed by atoms with E-state index >= 15 is 0 Å². The molecule has 7 nitrogen and oxygen atoms in total. The largest absolute Gasteiger partial charge is 0.330 e. The summed E-state index contributed by atoms with van der Waals surface area (Å²) in [7, 11) is -3.52. The first-order chi connectivity index (χ1) is 7.80. The van der Waals surface area contributed by atoms with Gasteiger partial charge in [-0.1, -0.05) is 13.8 Å². The molecule has 0 radical (unpaired) electrons. The number of aromatic nitrogens is 4. The Morgan fingerprint density at radius 3 is 2.59 bits per heavy atom. The van der Waals surface area contributed by atoms with Crippen molar-refractivity contribution < 1.29 is 8.42 Å². The van der Waals surface area contributed by atoms with Gasteiger partial charge in [-0.05, 0) is 5.92 Å². The van der Waals surface area contributed by atoms with Crippen molar-refractivity contribution in [2.75, 3.05) is 6.26 Å². The summed E-state index contributed by atoms with van der Waals surface area (Å²) in [5, 5.41) is 3.35. The Bertz CT molecular complexity index is 726. The second-order valence-electron chi connectivity index (χ2n) is 4.11. The summed E-state index contributed by atoms with van der Waals surface area (Å²) >= 11 is 0. The number of nitrogens with one attached hydrogen (secondary N) is 1. The number of rotatable bonds is 2. The minimum Gasteiger partial charge on any atom is -0.330 e. The van der Waals surface area contributed by atoms with Gasteiger partial charge in [0.2, 0.25) is 15.6 Å². The van der Waals surface area contributed by atoms with Gasteiger partial charge in [0.05, 0.1) is 0 Å². The second kappa shape index (κ2) is 3.66. The van der Waals surface area contributed by atoms with Crippen LogP contribution in [-0.4, -0.2) is 34.3 Å². The third kappa shape index (κ3) is 1.95. The Kier molecular flexibility index (Phi) is 2.53. The maximum absolute atomic E-state index is 12.0. The lowest BCUT2D eigenvalue weighted by Gasteiger charge is -2.02. The van der Waals surface area contributed by atoms with E-state index in [-0.39, 0.29) is 22.4 Å². The SMILES string of the molecule is CC(C)c1c[nH]c2nc(S(C)(=O)=O)nn2c1=O. The van der Waals surface area contributed by atoms with E-state index in [1.54, 1.807) is 0 Å². The summed E-state index contributed by atoms with van der Waals surface area (Å²) in [6.07, 6.45) is 2.53. The summed E-state index contributed by atoms with van der Waals surface area (Å²) in [6.45, 7) is 3.73. The van der Waals surface area contributed by atoms with Gasteiger partial charge in [0.25, 0.3) is 10.7 Å². The van der Waals surface area contributed by atoms with E-state index in [2.05, 4.69) is 15.1 Å². The molecule has 0 amide bonds. The van der Waals surface area contributed by atoms with Crippen molar-refractivity contribution in [1.82, 2.24) is 19.6 Å². The highest BCUT2D eigenvalue weighted by Crippen LogP contribution is 2.09. The van der Waals surface area contributed by atoms with Gasteiger partial charge in [0.1, 0.15) is 0 Å². The molecule has 2 aromatic rings. The monoisotopic (exact) mass is 256 g/mol. The van der Waals surface area contributed by atoms with E-state index in [0.717, 1.165) is 10.8 Å². The molecule has 8 heteroatoms. The number of sulfone groups is 1.